The Balaban J connectivity index is 1.54. The van der Waals surface area contributed by atoms with Crippen LogP contribution in [-0.4, -0.2) is 56.1 Å². The molecule has 0 aliphatic carbocycles. The summed E-state index contributed by atoms with van der Waals surface area (Å²) >= 11 is 0. The Labute approximate surface area is 177 Å². The van der Waals surface area contributed by atoms with Crippen molar-refractivity contribution >= 4 is 17.9 Å². The fraction of sp³-hybridized carbons (Fsp3) is 0.333. The lowest BCUT2D eigenvalue weighted by molar-refractivity contribution is -0.124. The molecule has 158 valence electrons. The van der Waals surface area contributed by atoms with Crippen LogP contribution in [-0.2, 0) is 14.3 Å². The maximum Gasteiger partial charge on any atom is 0.244 e. The third-order valence-electron chi connectivity index (χ3n) is 5.01. The summed E-state index contributed by atoms with van der Waals surface area (Å²) in [7, 11) is 0. The molecule has 0 bridgehead atoms. The molecular weight excluding hydrogens is 378 g/mol. The fourth-order valence-corrected chi connectivity index (χ4v) is 3.28. The van der Waals surface area contributed by atoms with Crippen LogP contribution in [0.5, 0.6) is 0 Å². The standard InChI is InChI=1S/C24H29N3O3/c1-19-7-10-21(11-8-19)22(18-27-13-15-30-16-14-27)26-24(29)17-25-23(28)12-9-20-5-3-2-4-6-20/h2-12,22H,13-18H2,1H3,(H,25,28)(H,26,29)/b12-9+/t22-/m1/s1. The highest BCUT2D eigenvalue weighted by molar-refractivity contribution is 5.94. The van der Waals surface area contributed by atoms with Gasteiger partial charge in [0.15, 0.2) is 0 Å². The van der Waals surface area contributed by atoms with Crippen molar-refractivity contribution in [3.05, 3.63) is 77.4 Å². The van der Waals surface area contributed by atoms with Crippen molar-refractivity contribution < 1.29 is 14.3 Å². The first-order valence-corrected chi connectivity index (χ1v) is 10.3. The summed E-state index contributed by atoms with van der Waals surface area (Å²) in [5, 5.41) is 5.72. The number of aryl methyl sites for hydroxylation is 1. The van der Waals surface area contributed by atoms with E-state index in [-0.39, 0.29) is 24.4 Å². The Morgan fingerprint density at radius 2 is 1.77 bits per heavy atom. The van der Waals surface area contributed by atoms with Gasteiger partial charge >= 0.3 is 0 Å². The molecule has 3 rings (SSSR count). The minimum absolute atomic E-state index is 0.0660. The van der Waals surface area contributed by atoms with Crippen molar-refractivity contribution in [2.24, 2.45) is 0 Å². The van der Waals surface area contributed by atoms with Crippen LogP contribution in [0.3, 0.4) is 0 Å². The summed E-state index contributed by atoms with van der Waals surface area (Å²) in [6, 6.07) is 17.6. The van der Waals surface area contributed by atoms with Crippen molar-refractivity contribution in [2.75, 3.05) is 39.4 Å². The predicted molar refractivity (Wildman–Crippen MR) is 118 cm³/mol. The minimum Gasteiger partial charge on any atom is -0.379 e. The number of ether oxygens (including phenoxy) is 1. The van der Waals surface area contributed by atoms with Crippen LogP contribution in [0.2, 0.25) is 0 Å². The Morgan fingerprint density at radius 1 is 1.07 bits per heavy atom. The van der Waals surface area contributed by atoms with Crippen LogP contribution in [0.4, 0.5) is 0 Å². The first-order chi connectivity index (χ1) is 14.6. The zero-order valence-electron chi connectivity index (χ0n) is 17.3. The van der Waals surface area contributed by atoms with Crippen LogP contribution < -0.4 is 10.6 Å². The molecule has 0 radical (unpaired) electrons. The van der Waals surface area contributed by atoms with Gasteiger partial charge in [0.1, 0.15) is 0 Å². The smallest absolute Gasteiger partial charge is 0.244 e. The van der Waals surface area contributed by atoms with E-state index in [0.717, 1.165) is 24.2 Å². The Kier molecular flexibility index (Phi) is 8.18. The van der Waals surface area contributed by atoms with Gasteiger partial charge in [0.2, 0.25) is 11.8 Å². The largest absolute Gasteiger partial charge is 0.379 e. The summed E-state index contributed by atoms with van der Waals surface area (Å²) < 4.78 is 5.42. The lowest BCUT2D eigenvalue weighted by atomic mass is 10.0. The number of hydrogen-bond acceptors (Lipinski definition) is 4. The van der Waals surface area contributed by atoms with Gasteiger partial charge in [-0.15, -0.1) is 0 Å². The molecule has 1 heterocycles. The van der Waals surface area contributed by atoms with Gasteiger partial charge in [-0.25, -0.2) is 0 Å². The number of carbonyl (C=O) groups is 2. The first kappa shape index (κ1) is 21.7. The third kappa shape index (κ3) is 7.13. The molecule has 6 nitrogen and oxygen atoms in total. The highest BCUT2D eigenvalue weighted by Crippen LogP contribution is 2.16. The predicted octanol–water partition coefficient (Wildman–Crippen LogP) is 2.31. The maximum atomic E-state index is 12.5. The van der Waals surface area contributed by atoms with E-state index in [1.54, 1.807) is 6.08 Å². The lowest BCUT2D eigenvalue weighted by Gasteiger charge is -2.31. The molecule has 1 saturated heterocycles. The molecule has 6 heteroatoms. The molecule has 2 aromatic rings. The molecule has 0 saturated carbocycles. The van der Waals surface area contributed by atoms with Crippen LogP contribution in [0.15, 0.2) is 60.7 Å². The molecule has 1 atom stereocenters. The van der Waals surface area contributed by atoms with E-state index in [4.69, 9.17) is 4.74 Å². The zero-order valence-corrected chi connectivity index (χ0v) is 17.3. The van der Waals surface area contributed by atoms with E-state index < -0.39 is 0 Å². The molecular formula is C24H29N3O3. The van der Waals surface area contributed by atoms with Crippen molar-refractivity contribution in [2.45, 2.75) is 13.0 Å². The van der Waals surface area contributed by atoms with Gasteiger partial charge in [-0.1, -0.05) is 60.2 Å². The Hall–Kier alpha value is -2.96. The topological polar surface area (TPSA) is 70.7 Å². The van der Waals surface area contributed by atoms with Crippen molar-refractivity contribution in [3.8, 4) is 0 Å². The number of amides is 2. The van der Waals surface area contributed by atoms with Crippen LogP contribution in [0, 0.1) is 6.92 Å². The monoisotopic (exact) mass is 407 g/mol. The maximum absolute atomic E-state index is 12.5. The normalized spacial score (nSPS) is 15.6. The summed E-state index contributed by atoms with van der Waals surface area (Å²) in [6.45, 7) is 5.79. The van der Waals surface area contributed by atoms with E-state index >= 15 is 0 Å². The second-order valence-electron chi connectivity index (χ2n) is 7.41. The lowest BCUT2D eigenvalue weighted by Crippen LogP contribution is -2.45. The first-order valence-electron chi connectivity index (χ1n) is 10.3. The summed E-state index contributed by atoms with van der Waals surface area (Å²) in [6.07, 6.45) is 3.16. The average Bonchev–Trinajstić information content (AvgIpc) is 2.78. The average molecular weight is 408 g/mol. The SMILES string of the molecule is Cc1ccc([C@@H](CN2CCOCC2)NC(=O)CNC(=O)/C=C/c2ccccc2)cc1. The van der Waals surface area contributed by atoms with E-state index in [2.05, 4.69) is 15.5 Å². The fourth-order valence-electron chi connectivity index (χ4n) is 3.28. The third-order valence-corrected chi connectivity index (χ3v) is 5.01. The number of morpholine rings is 1. The van der Waals surface area contributed by atoms with Gasteiger partial charge in [0, 0.05) is 25.7 Å². The highest BCUT2D eigenvalue weighted by Gasteiger charge is 2.20. The van der Waals surface area contributed by atoms with Crippen LogP contribution in [0.1, 0.15) is 22.7 Å². The molecule has 1 aliphatic rings. The number of carbonyl (C=O) groups excluding carboxylic acids is 2. The number of nitrogens with zero attached hydrogens (tertiary/aromatic N) is 1. The summed E-state index contributed by atoms with van der Waals surface area (Å²) in [5.41, 5.74) is 3.16. The molecule has 1 fully saturated rings. The van der Waals surface area contributed by atoms with Crippen LogP contribution in [0.25, 0.3) is 6.08 Å². The number of rotatable bonds is 8. The number of nitrogens with one attached hydrogen (secondary N) is 2. The van der Waals surface area contributed by atoms with Crippen molar-refractivity contribution in [3.63, 3.8) is 0 Å². The molecule has 2 N–H and O–H groups in total. The number of benzene rings is 2. The molecule has 0 spiro atoms. The molecule has 2 amide bonds. The van der Waals surface area contributed by atoms with Gasteiger partial charge < -0.3 is 15.4 Å². The van der Waals surface area contributed by atoms with E-state index in [9.17, 15) is 9.59 Å². The van der Waals surface area contributed by atoms with Gasteiger partial charge in [-0.2, -0.15) is 0 Å². The van der Waals surface area contributed by atoms with Gasteiger partial charge in [-0.05, 0) is 24.1 Å². The van der Waals surface area contributed by atoms with E-state index in [0.29, 0.717) is 19.8 Å². The summed E-state index contributed by atoms with van der Waals surface area (Å²) in [5.74, 6) is -0.510. The molecule has 0 aromatic heterocycles. The zero-order chi connectivity index (χ0) is 21.2. The van der Waals surface area contributed by atoms with Crippen molar-refractivity contribution in [1.82, 2.24) is 15.5 Å². The minimum atomic E-state index is -0.297. The highest BCUT2D eigenvalue weighted by atomic mass is 16.5. The second-order valence-corrected chi connectivity index (χ2v) is 7.41. The molecule has 2 aromatic carbocycles. The number of hydrogen-bond donors (Lipinski definition) is 2. The second kappa shape index (κ2) is 11.3. The van der Waals surface area contributed by atoms with Gasteiger partial charge in [0.25, 0.3) is 0 Å². The Bertz CT molecular complexity index is 844. The molecule has 0 unspecified atom stereocenters. The molecule has 1 aliphatic heterocycles. The van der Waals surface area contributed by atoms with E-state index in [1.165, 1.54) is 11.6 Å². The van der Waals surface area contributed by atoms with Crippen molar-refractivity contribution in [1.29, 1.82) is 0 Å². The van der Waals surface area contributed by atoms with E-state index in [1.807, 2.05) is 61.5 Å². The quantitative estimate of drug-likeness (QED) is 0.659. The van der Waals surface area contributed by atoms with Gasteiger partial charge in [-0.3, -0.25) is 14.5 Å². The van der Waals surface area contributed by atoms with Gasteiger partial charge in [0.05, 0.1) is 25.8 Å². The Morgan fingerprint density at radius 3 is 2.47 bits per heavy atom. The van der Waals surface area contributed by atoms with Crippen LogP contribution >= 0.6 is 0 Å². The molecule has 30 heavy (non-hydrogen) atoms. The summed E-state index contributed by atoms with van der Waals surface area (Å²) in [4.78, 5) is 26.8.